The lowest BCUT2D eigenvalue weighted by atomic mass is 10.2. The number of carbonyl (C=O) groups excluding carboxylic acids is 2. The van der Waals surface area contributed by atoms with Crippen LogP contribution in [0.15, 0.2) is 12.1 Å². The molecule has 2 rings (SSSR count). The van der Waals surface area contributed by atoms with Crippen LogP contribution in [0.4, 0.5) is 5.82 Å². The number of pyridine rings is 1. The number of hydrogen-bond donors (Lipinski definition) is 3. The van der Waals surface area contributed by atoms with E-state index in [1.807, 2.05) is 6.92 Å². The van der Waals surface area contributed by atoms with Crippen LogP contribution < -0.4 is 16.0 Å². The van der Waals surface area contributed by atoms with E-state index in [0.29, 0.717) is 17.4 Å². The number of carbonyl (C=O) groups is 2. The first-order valence-corrected chi connectivity index (χ1v) is 7.38. The molecular weight excluding hydrogens is 268 g/mol. The molecule has 0 saturated heterocycles. The highest BCUT2D eigenvalue weighted by Crippen LogP contribution is 2.18. The number of nitrogens with one attached hydrogen (secondary N) is 3. The molecule has 0 spiro atoms. The van der Waals surface area contributed by atoms with Gasteiger partial charge in [-0.15, -0.1) is 0 Å². The summed E-state index contributed by atoms with van der Waals surface area (Å²) in [4.78, 5) is 28.0. The second-order valence-electron chi connectivity index (χ2n) is 5.33. The third-order valence-electron chi connectivity index (χ3n) is 3.12. The van der Waals surface area contributed by atoms with Gasteiger partial charge in [0.2, 0.25) is 5.91 Å². The number of nitrogens with zero attached hydrogens (tertiary/aromatic N) is 1. The molecule has 0 bridgehead atoms. The zero-order valence-electron chi connectivity index (χ0n) is 12.5. The highest BCUT2D eigenvalue weighted by atomic mass is 16.2. The van der Waals surface area contributed by atoms with Gasteiger partial charge >= 0.3 is 0 Å². The second-order valence-corrected chi connectivity index (χ2v) is 5.33. The van der Waals surface area contributed by atoms with E-state index >= 15 is 0 Å². The van der Waals surface area contributed by atoms with Crippen LogP contribution in [0, 0.1) is 6.92 Å². The Bertz CT molecular complexity index is 526. The van der Waals surface area contributed by atoms with Gasteiger partial charge in [0.1, 0.15) is 5.82 Å². The summed E-state index contributed by atoms with van der Waals surface area (Å²) in [7, 11) is 0. The normalized spacial score (nSPS) is 13.6. The molecule has 2 amide bonds. The minimum Gasteiger partial charge on any atom is -0.370 e. The monoisotopic (exact) mass is 290 g/mol. The number of hydrogen-bond acceptors (Lipinski definition) is 4. The quantitative estimate of drug-likeness (QED) is 0.705. The van der Waals surface area contributed by atoms with E-state index in [1.54, 1.807) is 12.1 Å². The van der Waals surface area contributed by atoms with Gasteiger partial charge in [0.15, 0.2) is 0 Å². The van der Waals surface area contributed by atoms with Crippen molar-refractivity contribution >= 4 is 17.6 Å². The van der Waals surface area contributed by atoms with Crippen molar-refractivity contribution in [3.63, 3.8) is 0 Å². The summed E-state index contributed by atoms with van der Waals surface area (Å²) in [5, 5.41) is 8.63. The highest BCUT2D eigenvalue weighted by Gasteiger charge is 2.23. The van der Waals surface area contributed by atoms with E-state index in [-0.39, 0.29) is 18.4 Å². The fraction of sp³-hybridized carbons (Fsp3) is 0.533. The Balaban J connectivity index is 1.90. The third-order valence-corrected chi connectivity index (χ3v) is 3.12. The van der Waals surface area contributed by atoms with Gasteiger partial charge < -0.3 is 16.0 Å². The largest absolute Gasteiger partial charge is 0.370 e. The first kappa shape index (κ1) is 15.3. The van der Waals surface area contributed by atoms with Gasteiger partial charge in [0.25, 0.3) is 5.91 Å². The van der Waals surface area contributed by atoms with Crippen LogP contribution in [-0.2, 0) is 4.79 Å². The Kier molecular flexibility index (Phi) is 5.14. The van der Waals surface area contributed by atoms with Crippen LogP contribution in [0.5, 0.6) is 0 Å². The van der Waals surface area contributed by atoms with Crippen molar-refractivity contribution in [3.8, 4) is 0 Å². The molecule has 1 heterocycles. The zero-order chi connectivity index (χ0) is 15.2. The molecule has 21 heavy (non-hydrogen) atoms. The lowest BCUT2D eigenvalue weighted by Crippen LogP contribution is -2.37. The summed E-state index contributed by atoms with van der Waals surface area (Å²) >= 11 is 0. The van der Waals surface area contributed by atoms with Crippen LogP contribution in [0.2, 0.25) is 0 Å². The summed E-state index contributed by atoms with van der Waals surface area (Å²) in [6, 6.07) is 3.73. The van der Waals surface area contributed by atoms with Gasteiger partial charge in [-0.2, -0.15) is 0 Å². The predicted molar refractivity (Wildman–Crippen MR) is 81.3 cm³/mol. The Morgan fingerprint density at radius 2 is 2.10 bits per heavy atom. The minimum absolute atomic E-state index is 0.00836. The summed E-state index contributed by atoms with van der Waals surface area (Å²) in [6.07, 6.45) is 3.06. The smallest absolute Gasteiger partial charge is 0.251 e. The maximum absolute atomic E-state index is 12.1. The summed E-state index contributed by atoms with van der Waals surface area (Å²) in [5.41, 5.74) is 1.28. The van der Waals surface area contributed by atoms with E-state index in [0.717, 1.165) is 31.5 Å². The highest BCUT2D eigenvalue weighted by molar-refractivity contribution is 5.97. The molecule has 3 N–H and O–H groups in total. The molecule has 1 aromatic rings. The number of anilines is 1. The molecule has 0 atom stereocenters. The maximum Gasteiger partial charge on any atom is 0.251 e. The molecule has 0 aromatic carbocycles. The number of aryl methyl sites for hydroxylation is 1. The number of rotatable bonds is 7. The summed E-state index contributed by atoms with van der Waals surface area (Å²) in [6.45, 7) is 4.72. The number of aromatic nitrogens is 1. The van der Waals surface area contributed by atoms with E-state index in [4.69, 9.17) is 0 Å². The van der Waals surface area contributed by atoms with Crippen molar-refractivity contribution in [1.82, 2.24) is 15.6 Å². The number of amides is 2. The van der Waals surface area contributed by atoms with E-state index in [1.165, 1.54) is 0 Å². The second kappa shape index (κ2) is 7.06. The zero-order valence-corrected chi connectivity index (χ0v) is 12.5. The lowest BCUT2D eigenvalue weighted by molar-refractivity contribution is -0.120. The standard InChI is InChI=1S/C15H22N4O2/c1-3-6-16-13-8-11(7-10(2)18-13)15(21)17-9-14(20)19-12-4-5-12/h7-8,12H,3-6,9H2,1-2H3,(H,16,18)(H,17,21)(H,19,20). The van der Waals surface area contributed by atoms with Crippen LogP contribution in [0.3, 0.4) is 0 Å². The Labute approximate surface area is 124 Å². The molecule has 1 saturated carbocycles. The maximum atomic E-state index is 12.1. The Morgan fingerprint density at radius 1 is 1.33 bits per heavy atom. The van der Waals surface area contributed by atoms with Crippen LogP contribution in [0.1, 0.15) is 42.2 Å². The lowest BCUT2D eigenvalue weighted by Gasteiger charge is -2.09. The molecule has 6 heteroatoms. The van der Waals surface area contributed by atoms with Gasteiger partial charge in [-0.25, -0.2) is 4.98 Å². The van der Waals surface area contributed by atoms with Gasteiger partial charge in [0.05, 0.1) is 6.54 Å². The SMILES string of the molecule is CCCNc1cc(C(=O)NCC(=O)NC2CC2)cc(C)n1. The van der Waals surface area contributed by atoms with E-state index < -0.39 is 0 Å². The molecule has 0 unspecified atom stereocenters. The van der Waals surface area contributed by atoms with Gasteiger partial charge in [-0.1, -0.05) is 6.92 Å². The molecule has 1 aliphatic carbocycles. The molecule has 1 aromatic heterocycles. The fourth-order valence-corrected chi connectivity index (χ4v) is 1.91. The van der Waals surface area contributed by atoms with Crippen LogP contribution in [-0.4, -0.2) is 35.9 Å². The van der Waals surface area contributed by atoms with Crippen molar-refractivity contribution < 1.29 is 9.59 Å². The van der Waals surface area contributed by atoms with Gasteiger partial charge in [0, 0.05) is 23.8 Å². The summed E-state index contributed by atoms with van der Waals surface area (Å²) < 4.78 is 0. The van der Waals surface area contributed by atoms with Crippen molar-refractivity contribution in [3.05, 3.63) is 23.4 Å². The molecular formula is C15H22N4O2. The molecule has 1 aliphatic rings. The first-order valence-electron chi connectivity index (χ1n) is 7.38. The minimum atomic E-state index is -0.258. The average molecular weight is 290 g/mol. The van der Waals surface area contributed by atoms with E-state index in [2.05, 4.69) is 27.9 Å². The van der Waals surface area contributed by atoms with Gasteiger partial charge in [-0.3, -0.25) is 9.59 Å². The van der Waals surface area contributed by atoms with Crippen molar-refractivity contribution in [2.24, 2.45) is 0 Å². The van der Waals surface area contributed by atoms with Crippen LogP contribution in [0.25, 0.3) is 0 Å². The fourth-order valence-electron chi connectivity index (χ4n) is 1.91. The molecule has 0 radical (unpaired) electrons. The van der Waals surface area contributed by atoms with Crippen molar-refractivity contribution in [2.45, 2.75) is 39.2 Å². The predicted octanol–water partition coefficient (Wildman–Crippen LogP) is 1.22. The molecule has 114 valence electrons. The average Bonchev–Trinajstić information content (AvgIpc) is 3.25. The molecule has 1 fully saturated rings. The Morgan fingerprint density at radius 3 is 2.76 bits per heavy atom. The third kappa shape index (κ3) is 5.06. The van der Waals surface area contributed by atoms with E-state index in [9.17, 15) is 9.59 Å². The molecule has 6 nitrogen and oxygen atoms in total. The Hall–Kier alpha value is -2.11. The topological polar surface area (TPSA) is 83.1 Å². The van der Waals surface area contributed by atoms with Crippen LogP contribution >= 0.6 is 0 Å². The summed E-state index contributed by atoms with van der Waals surface area (Å²) in [5.74, 6) is 0.288. The van der Waals surface area contributed by atoms with Gasteiger partial charge in [-0.05, 0) is 38.3 Å². The molecule has 0 aliphatic heterocycles. The first-order chi connectivity index (χ1) is 10.1. The van der Waals surface area contributed by atoms with Crippen molar-refractivity contribution in [2.75, 3.05) is 18.4 Å². The van der Waals surface area contributed by atoms with Crippen molar-refractivity contribution in [1.29, 1.82) is 0 Å².